The molecule has 122 heavy (non-hydrogen) atoms. The summed E-state index contributed by atoms with van der Waals surface area (Å²) in [5.74, 6) is -11.6. The van der Waals surface area contributed by atoms with Crippen LogP contribution < -0.4 is 69.8 Å². The highest BCUT2D eigenvalue weighted by molar-refractivity contribution is 7.99. The first-order chi connectivity index (χ1) is 58.6. The van der Waals surface area contributed by atoms with Gasteiger partial charge in [-0.25, -0.2) is 4.98 Å². The van der Waals surface area contributed by atoms with Crippen LogP contribution in [0, 0.1) is 0 Å². The monoisotopic (exact) mass is 1710 g/mol. The van der Waals surface area contributed by atoms with Gasteiger partial charge in [-0.1, -0.05) is 68.3 Å². The lowest BCUT2D eigenvalue weighted by atomic mass is 10.0. The van der Waals surface area contributed by atoms with Crippen molar-refractivity contribution >= 4 is 122 Å². The number of carbonyl (C=O) groups excluding carboxylic acids is 14. The molecule has 3 aromatic carbocycles. The van der Waals surface area contributed by atoms with Crippen molar-refractivity contribution in [3.05, 3.63) is 120 Å². The van der Waals surface area contributed by atoms with E-state index in [1.165, 1.54) is 55.5 Å². The van der Waals surface area contributed by atoms with Crippen LogP contribution in [0.3, 0.4) is 0 Å². The first-order valence-corrected chi connectivity index (χ1v) is 42.4. The van der Waals surface area contributed by atoms with Crippen LogP contribution in [0.5, 0.6) is 5.75 Å². The Bertz CT molecular complexity index is 4640. The van der Waals surface area contributed by atoms with E-state index in [4.69, 9.17) is 21.9 Å². The summed E-state index contributed by atoms with van der Waals surface area (Å²) >= 11 is 1.12. The number of fused-ring (bicyclic) bond motifs is 4. The highest BCUT2D eigenvalue weighted by atomic mass is 32.2. The normalized spacial score (nSPS) is 23.8. The average molecular weight is 1710 g/mol. The number of hydrogen-bond acceptors (Lipinski definition) is 21. The smallest absolute Gasteiger partial charge is 0.303 e. The first-order valence-electron chi connectivity index (χ1n) is 41.3. The topological polar surface area (TPSA) is 548 Å². The van der Waals surface area contributed by atoms with E-state index < -0.39 is 181 Å². The van der Waals surface area contributed by atoms with Crippen molar-refractivity contribution in [1.82, 2.24) is 92.3 Å². The quantitative estimate of drug-likeness (QED) is 0.0372. The molecule has 2 unspecified atom stereocenters. The lowest BCUT2D eigenvalue weighted by Crippen LogP contribution is -2.60. The Morgan fingerprint density at radius 1 is 0.516 bits per heavy atom. The number of rotatable bonds is 22. The molecule has 19 N–H and O–H groups in total. The van der Waals surface area contributed by atoms with Crippen LogP contribution in [0.4, 0.5) is 0 Å². The Morgan fingerprint density at radius 3 is 1.59 bits per heavy atom. The second-order valence-corrected chi connectivity index (χ2v) is 32.0. The fourth-order valence-electron chi connectivity index (χ4n) is 15.4. The predicted molar refractivity (Wildman–Crippen MR) is 452 cm³/mol. The summed E-state index contributed by atoms with van der Waals surface area (Å²) < 4.78 is 5.33. The summed E-state index contributed by atoms with van der Waals surface area (Å²) in [5.41, 5.74) is 21.7. The summed E-state index contributed by atoms with van der Waals surface area (Å²) in [6.45, 7) is 0.478. The maximum absolute atomic E-state index is 15.2. The van der Waals surface area contributed by atoms with Crippen LogP contribution in [0.2, 0.25) is 0 Å². The Kier molecular flexibility index (Phi) is 35.5. The van der Waals surface area contributed by atoms with E-state index in [0.29, 0.717) is 75.6 Å². The summed E-state index contributed by atoms with van der Waals surface area (Å²) in [7, 11) is 5.58. The molecule has 6 aromatic rings. The number of ether oxygens (including phenoxy) is 1. The SMILES string of the molecule is CCCC[C@H]1C(=O)N[C@@H](CCCN)C(=O)NCCSCC(=O)N[C@@H](Cc2ccc(OC)cc2)C(=O)N(C)CC(=O)N[C@@H](CCN)C(=O)N2CCCC2C(=O)N[C@@H](Cc2cnc[nH]2)C(=O)N[C@@H](CCC(=O)O)C(=O)N2CCCC2C(=O)N[C@@H](Cc2c[nH]c3ccccc23)C(=O)N[C@@H](CCN)C(=O)N[C@@H](Cc2c[nH]c3ccccc23)C(=O)N(C)CC(=O)N1C. The summed E-state index contributed by atoms with van der Waals surface area (Å²) in [6.07, 6.45) is 6.15. The molecule has 3 aliphatic heterocycles. The van der Waals surface area contributed by atoms with Crippen molar-refractivity contribution < 1.29 is 81.8 Å². The number of nitrogens with zero attached hydrogens (tertiary/aromatic N) is 6. The van der Waals surface area contributed by atoms with E-state index in [-0.39, 0.29) is 121 Å². The molecule has 660 valence electrons. The molecule has 3 saturated heterocycles. The van der Waals surface area contributed by atoms with Crippen molar-refractivity contribution in [2.24, 2.45) is 17.2 Å². The van der Waals surface area contributed by atoms with E-state index in [1.807, 2.05) is 25.1 Å². The molecule has 9 rings (SSSR count). The standard InChI is InChI=1S/C83H115N21O17S/c1-6-7-20-66-77(114)95-58(19-12-31-84)73(110)88-34-37-122-47-70(106)93-64(38-49-23-25-53(121-5)26-24-49)80(117)100(2)45-69(105)92-61(30-33-86)83(120)104-36-14-22-68(104)79(116)98-63(41-52-44-87-48-91-52)76(113)96-60(27-28-72(108)109)82(119)103-35-13-21-67(103)78(115)97-62(39-50-42-89-56-17-10-8-15-54(50)56)75(112)94-59(29-32-85)74(111)99-65(81(118)101(3)46-71(107)102(66)4)40-51-43-90-57-18-11-9-16-55(51)57/h8-11,15-18,23-26,42-44,48,58-68,89-90H,6-7,12-14,19-22,27-41,45-47,84-86H2,1-5H3,(H,87,91)(H,88,110)(H,92,105)(H,93,106)(H,94,112)(H,95,114)(H,96,113)(H,97,115)(H,98,116)(H,99,111)(H,108,109)/t58-,59-,60-,61-,62-,63-,64-,65-,66-,67?,68?/m0/s1. The number of carboxylic acids is 1. The van der Waals surface area contributed by atoms with Gasteiger partial charge in [-0.3, -0.25) is 71.9 Å². The average Bonchev–Trinajstić information content (AvgIpc) is 1.65. The molecule has 3 aliphatic rings. The Balaban J connectivity index is 1.03. The molecule has 0 bridgehead atoms. The molecule has 0 radical (unpaired) electrons. The number of amides is 14. The third kappa shape index (κ3) is 26.0. The van der Waals surface area contributed by atoms with Crippen LogP contribution >= 0.6 is 11.8 Å². The predicted octanol–water partition coefficient (Wildman–Crippen LogP) is -1.39. The number of likely N-dealkylation sites (N-methyl/N-ethyl adjacent to an activating group) is 3. The largest absolute Gasteiger partial charge is 0.497 e. The second kappa shape index (κ2) is 46.2. The van der Waals surface area contributed by atoms with E-state index in [0.717, 1.165) is 21.6 Å². The molecule has 11 atom stereocenters. The number of nitrogens with two attached hydrogens (primary N) is 3. The highest BCUT2D eigenvalue weighted by Gasteiger charge is 2.44. The van der Waals surface area contributed by atoms with Gasteiger partial charge < -0.3 is 114 Å². The van der Waals surface area contributed by atoms with Gasteiger partial charge in [0.2, 0.25) is 82.7 Å². The molecular formula is C83H115N21O17S. The first kappa shape index (κ1) is 93.9. The summed E-state index contributed by atoms with van der Waals surface area (Å²) in [4.78, 5) is 237. The number of unbranched alkanes of at least 4 members (excludes halogenated alkanes) is 1. The Morgan fingerprint density at radius 2 is 1.02 bits per heavy atom. The summed E-state index contributed by atoms with van der Waals surface area (Å²) in [5, 5.41) is 36.4. The molecule has 6 heterocycles. The van der Waals surface area contributed by atoms with Crippen LogP contribution in [0.15, 0.2) is 97.7 Å². The van der Waals surface area contributed by atoms with Crippen molar-refractivity contribution in [2.75, 3.05) is 92.1 Å². The lowest BCUT2D eigenvalue weighted by molar-refractivity contribution is -0.145. The maximum atomic E-state index is 15.2. The Hall–Kier alpha value is -12.0. The number of nitrogens with one attached hydrogen (secondary N) is 12. The molecule has 39 heteroatoms. The van der Waals surface area contributed by atoms with E-state index in [1.54, 1.807) is 67.0 Å². The van der Waals surface area contributed by atoms with Gasteiger partial charge in [0, 0.05) is 125 Å². The van der Waals surface area contributed by atoms with Crippen LogP contribution in [0.25, 0.3) is 21.8 Å². The van der Waals surface area contributed by atoms with E-state index in [9.17, 15) is 53.1 Å². The van der Waals surface area contributed by atoms with Gasteiger partial charge in [-0.05, 0) is 125 Å². The van der Waals surface area contributed by atoms with Gasteiger partial charge >= 0.3 is 5.97 Å². The number of benzene rings is 3. The van der Waals surface area contributed by atoms with Crippen molar-refractivity contribution in [2.45, 2.75) is 183 Å². The minimum atomic E-state index is -1.65. The maximum Gasteiger partial charge on any atom is 0.303 e. The lowest BCUT2D eigenvalue weighted by Gasteiger charge is -2.32. The van der Waals surface area contributed by atoms with Gasteiger partial charge in [-0.15, -0.1) is 0 Å². The molecule has 3 fully saturated rings. The van der Waals surface area contributed by atoms with Crippen LogP contribution in [-0.4, -0.2) is 297 Å². The number of methoxy groups -OCH3 is 1. The zero-order valence-electron chi connectivity index (χ0n) is 69.5. The van der Waals surface area contributed by atoms with Crippen molar-refractivity contribution in [3.63, 3.8) is 0 Å². The van der Waals surface area contributed by atoms with Gasteiger partial charge in [0.25, 0.3) is 0 Å². The van der Waals surface area contributed by atoms with Gasteiger partial charge in [0.05, 0.1) is 32.3 Å². The molecular weight excluding hydrogens is 1600 g/mol. The third-order valence-corrected chi connectivity index (χ3v) is 23.0. The zero-order chi connectivity index (χ0) is 88.1. The Labute approximate surface area is 710 Å². The summed E-state index contributed by atoms with van der Waals surface area (Å²) in [6, 6.07) is 6.10. The second-order valence-electron chi connectivity index (χ2n) is 30.9. The van der Waals surface area contributed by atoms with Crippen molar-refractivity contribution in [1.29, 1.82) is 0 Å². The fourth-order valence-corrected chi connectivity index (χ4v) is 16.0. The van der Waals surface area contributed by atoms with Crippen LogP contribution in [-0.2, 0) is 97.6 Å². The number of imidazole rings is 1. The van der Waals surface area contributed by atoms with Gasteiger partial charge in [0.1, 0.15) is 72.2 Å². The fraction of sp³-hybridized carbons (Fsp3) is 0.518. The molecule has 0 spiro atoms. The van der Waals surface area contributed by atoms with E-state index >= 15 is 24.0 Å². The van der Waals surface area contributed by atoms with Crippen LogP contribution in [0.1, 0.15) is 113 Å². The van der Waals surface area contributed by atoms with Gasteiger partial charge in [0.15, 0.2) is 0 Å². The number of aromatic amines is 3. The molecule has 0 saturated carbocycles. The number of carboxylic acid groups (broad SMARTS) is 1. The minimum Gasteiger partial charge on any atom is -0.497 e. The number of thioether (sulfide) groups is 1. The number of aromatic nitrogens is 4. The molecule has 38 nitrogen and oxygen atoms in total. The number of para-hydroxylation sites is 2. The molecule has 3 aromatic heterocycles. The number of aliphatic carboxylic acids is 1. The minimum absolute atomic E-state index is 0.0142. The highest BCUT2D eigenvalue weighted by Crippen LogP contribution is 2.26. The zero-order valence-corrected chi connectivity index (χ0v) is 70.3. The molecule has 0 aliphatic carbocycles. The van der Waals surface area contributed by atoms with Gasteiger partial charge in [-0.2, -0.15) is 11.8 Å². The number of hydrogen-bond donors (Lipinski definition) is 16. The molecule has 14 amide bonds. The number of H-pyrrole nitrogens is 3. The van der Waals surface area contributed by atoms with E-state index in [2.05, 4.69) is 67.8 Å². The third-order valence-electron chi connectivity index (χ3n) is 22.0. The number of carbonyl (C=O) groups is 15. The van der Waals surface area contributed by atoms with Crippen molar-refractivity contribution in [3.8, 4) is 5.75 Å².